The molecule has 0 radical (unpaired) electrons. The number of hydrogen-bond donors (Lipinski definition) is 0. The highest BCUT2D eigenvalue weighted by Crippen LogP contribution is 2.34. The van der Waals surface area contributed by atoms with Crippen LogP contribution in [0.15, 0.2) is 23.1 Å². The van der Waals surface area contributed by atoms with Crippen LogP contribution in [0.4, 0.5) is 5.69 Å². The molecular weight excluding hydrogens is 364 g/mol. The van der Waals surface area contributed by atoms with Crippen molar-refractivity contribution in [1.29, 1.82) is 0 Å². The molecule has 26 heavy (non-hydrogen) atoms. The lowest BCUT2D eigenvalue weighted by molar-refractivity contribution is -0.123. The number of carbonyl (C=O) groups excluding carboxylic acids is 1. The van der Waals surface area contributed by atoms with Gasteiger partial charge in [0.2, 0.25) is 0 Å². The Bertz CT molecular complexity index is 750. The van der Waals surface area contributed by atoms with E-state index < -0.39 is 0 Å². The fourth-order valence-electron chi connectivity index (χ4n) is 3.78. The first-order chi connectivity index (χ1) is 12.6. The number of nitrogens with zero attached hydrogens (tertiary/aromatic N) is 2. The molecule has 0 N–H and O–H groups in total. The van der Waals surface area contributed by atoms with Crippen molar-refractivity contribution >= 4 is 46.0 Å². The predicted octanol–water partition coefficient (Wildman–Crippen LogP) is 3.98. The van der Waals surface area contributed by atoms with Crippen molar-refractivity contribution < 1.29 is 9.53 Å². The number of benzene rings is 1. The van der Waals surface area contributed by atoms with Gasteiger partial charge in [0.05, 0.1) is 17.6 Å². The van der Waals surface area contributed by atoms with Gasteiger partial charge in [-0.25, -0.2) is 0 Å². The third-order valence-corrected chi connectivity index (χ3v) is 6.67. The summed E-state index contributed by atoms with van der Waals surface area (Å²) in [5.41, 5.74) is 3.56. The van der Waals surface area contributed by atoms with Crippen molar-refractivity contribution in [2.75, 3.05) is 31.1 Å². The number of anilines is 1. The van der Waals surface area contributed by atoms with E-state index >= 15 is 0 Å². The SMILES string of the molecule is Cc1cc(N2CCCC2)ccc1/C=C1\SC(=S)N(C[C@@H]2CCCO2)C1=O. The molecule has 3 aliphatic rings. The highest BCUT2D eigenvalue weighted by molar-refractivity contribution is 8.26. The number of ether oxygens (including phenoxy) is 1. The van der Waals surface area contributed by atoms with E-state index in [9.17, 15) is 4.79 Å². The first kappa shape index (κ1) is 18.0. The molecule has 4 rings (SSSR count). The maximum absolute atomic E-state index is 12.8. The Morgan fingerprint density at radius 1 is 1.31 bits per heavy atom. The Kier molecular flexibility index (Phi) is 5.34. The predicted molar refractivity (Wildman–Crippen MR) is 111 cm³/mol. The quantitative estimate of drug-likeness (QED) is 0.576. The highest BCUT2D eigenvalue weighted by Gasteiger charge is 2.34. The largest absolute Gasteiger partial charge is 0.376 e. The molecule has 1 amide bonds. The normalized spacial score (nSPS) is 25.1. The second-order valence-electron chi connectivity index (χ2n) is 7.16. The molecule has 0 aliphatic carbocycles. The van der Waals surface area contributed by atoms with Crippen LogP contribution in [-0.2, 0) is 9.53 Å². The van der Waals surface area contributed by atoms with Gasteiger partial charge >= 0.3 is 0 Å². The first-order valence-electron chi connectivity index (χ1n) is 9.34. The van der Waals surface area contributed by atoms with Crippen LogP contribution in [0, 0.1) is 6.92 Å². The number of thiocarbonyl (C=S) groups is 1. The van der Waals surface area contributed by atoms with E-state index in [-0.39, 0.29) is 12.0 Å². The molecule has 1 aromatic rings. The monoisotopic (exact) mass is 388 g/mol. The summed E-state index contributed by atoms with van der Waals surface area (Å²) in [7, 11) is 0. The fourth-order valence-corrected chi connectivity index (χ4v) is 5.05. The topological polar surface area (TPSA) is 32.8 Å². The molecule has 0 aromatic heterocycles. The molecule has 3 aliphatic heterocycles. The number of amides is 1. The lowest BCUT2D eigenvalue weighted by Crippen LogP contribution is -2.35. The Balaban J connectivity index is 1.50. The van der Waals surface area contributed by atoms with Gasteiger partial charge in [0.1, 0.15) is 4.32 Å². The van der Waals surface area contributed by atoms with E-state index in [0.29, 0.717) is 15.8 Å². The minimum atomic E-state index is 0.0125. The van der Waals surface area contributed by atoms with Crippen molar-refractivity contribution in [3.05, 3.63) is 34.2 Å². The van der Waals surface area contributed by atoms with Crippen LogP contribution in [-0.4, -0.2) is 47.5 Å². The minimum Gasteiger partial charge on any atom is -0.376 e. The van der Waals surface area contributed by atoms with Crippen molar-refractivity contribution in [1.82, 2.24) is 4.90 Å². The van der Waals surface area contributed by atoms with E-state index in [1.165, 1.54) is 35.9 Å². The summed E-state index contributed by atoms with van der Waals surface area (Å²) in [5, 5.41) is 0. The van der Waals surface area contributed by atoms with Crippen molar-refractivity contribution in [3.8, 4) is 0 Å². The minimum absolute atomic E-state index is 0.0125. The zero-order valence-electron chi connectivity index (χ0n) is 15.1. The molecule has 0 spiro atoms. The van der Waals surface area contributed by atoms with Gasteiger partial charge in [-0.2, -0.15) is 0 Å². The maximum Gasteiger partial charge on any atom is 0.266 e. The Morgan fingerprint density at radius 3 is 2.81 bits per heavy atom. The fraction of sp³-hybridized carbons (Fsp3) is 0.500. The molecular formula is C20H24N2O2S2. The molecule has 3 saturated heterocycles. The zero-order valence-corrected chi connectivity index (χ0v) is 16.7. The molecule has 1 aromatic carbocycles. The average Bonchev–Trinajstić information content (AvgIpc) is 3.37. The number of thioether (sulfide) groups is 1. The number of rotatable bonds is 4. The summed E-state index contributed by atoms with van der Waals surface area (Å²) in [6.07, 6.45) is 6.73. The number of aryl methyl sites for hydroxylation is 1. The Labute approximate surface area is 164 Å². The Hall–Kier alpha value is -1.37. The second-order valence-corrected chi connectivity index (χ2v) is 8.84. The standard InChI is InChI=1S/C20H24N2O2S2/c1-14-11-16(21-8-2-3-9-21)7-6-15(14)12-18-19(23)22(20(25)26-18)13-17-5-4-10-24-17/h6-7,11-12,17H,2-5,8-10,13H2,1H3/b18-12-/t17-/m0/s1. The van der Waals surface area contributed by atoms with Crippen LogP contribution in [0.2, 0.25) is 0 Å². The molecule has 3 fully saturated rings. The van der Waals surface area contributed by atoms with E-state index in [4.69, 9.17) is 17.0 Å². The van der Waals surface area contributed by atoms with Gasteiger partial charge in [0.25, 0.3) is 5.91 Å². The second kappa shape index (κ2) is 7.71. The third-order valence-electron chi connectivity index (χ3n) is 5.29. The van der Waals surface area contributed by atoms with Crippen LogP contribution in [0.3, 0.4) is 0 Å². The summed E-state index contributed by atoms with van der Waals surface area (Å²) >= 11 is 6.84. The lowest BCUT2D eigenvalue weighted by Gasteiger charge is -2.19. The first-order valence-corrected chi connectivity index (χ1v) is 10.6. The smallest absolute Gasteiger partial charge is 0.266 e. The summed E-state index contributed by atoms with van der Waals surface area (Å²) < 4.78 is 6.30. The van der Waals surface area contributed by atoms with Gasteiger partial charge < -0.3 is 9.64 Å². The van der Waals surface area contributed by atoms with Gasteiger partial charge in [-0.3, -0.25) is 9.69 Å². The molecule has 4 nitrogen and oxygen atoms in total. The van der Waals surface area contributed by atoms with Crippen LogP contribution in [0.25, 0.3) is 6.08 Å². The van der Waals surface area contributed by atoms with E-state index in [0.717, 1.165) is 38.1 Å². The maximum atomic E-state index is 12.8. The zero-order chi connectivity index (χ0) is 18.1. The molecule has 138 valence electrons. The molecule has 0 saturated carbocycles. The lowest BCUT2D eigenvalue weighted by atomic mass is 10.1. The molecule has 0 unspecified atom stereocenters. The average molecular weight is 389 g/mol. The third kappa shape index (κ3) is 3.68. The molecule has 6 heteroatoms. The van der Waals surface area contributed by atoms with E-state index in [2.05, 4.69) is 30.0 Å². The molecule has 0 bridgehead atoms. The molecule has 3 heterocycles. The van der Waals surface area contributed by atoms with Gasteiger partial charge in [-0.15, -0.1) is 0 Å². The van der Waals surface area contributed by atoms with Crippen LogP contribution in [0.5, 0.6) is 0 Å². The number of carbonyl (C=O) groups is 1. The van der Waals surface area contributed by atoms with Crippen molar-refractivity contribution in [3.63, 3.8) is 0 Å². The number of hydrogen-bond acceptors (Lipinski definition) is 5. The van der Waals surface area contributed by atoms with E-state index in [1.54, 1.807) is 4.90 Å². The van der Waals surface area contributed by atoms with Crippen LogP contribution >= 0.6 is 24.0 Å². The van der Waals surface area contributed by atoms with Gasteiger partial charge in [0, 0.05) is 25.4 Å². The highest BCUT2D eigenvalue weighted by atomic mass is 32.2. The van der Waals surface area contributed by atoms with Crippen LogP contribution in [0.1, 0.15) is 36.8 Å². The summed E-state index contributed by atoms with van der Waals surface area (Å²) in [6, 6.07) is 6.51. The summed E-state index contributed by atoms with van der Waals surface area (Å²) in [5.74, 6) is 0.0125. The Morgan fingerprint density at radius 2 is 2.12 bits per heavy atom. The van der Waals surface area contributed by atoms with Crippen molar-refractivity contribution in [2.45, 2.75) is 38.7 Å². The van der Waals surface area contributed by atoms with Crippen molar-refractivity contribution in [2.24, 2.45) is 0 Å². The van der Waals surface area contributed by atoms with E-state index in [1.807, 2.05) is 6.08 Å². The van der Waals surface area contributed by atoms with Gasteiger partial charge in [-0.05, 0) is 61.9 Å². The molecule has 1 atom stereocenters. The van der Waals surface area contributed by atoms with Gasteiger partial charge in [-0.1, -0.05) is 30.0 Å². The van der Waals surface area contributed by atoms with Gasteiger partial charge in [0.15, 0.2) is 0 Å². The van der Waals surface area contributed by atoms with Crippen LogP contribution < -0.4 is 4.90 Å². The summed E-state index contributed by atoms with van der Waals surface area (Å²) in [6.45, 7) is 5.76. The summed E-state index contributed by atoms with van der Waals surface area (Å²) in [4.78, 5) is 17.6.